The quantitative estimate of drug-likeness (QED) is 0.416. The first-order valence-electron chi connectivity index (χ1n) is 10.7. The van der Waals surface area contributed by atoms with Gasteiger partial charge in [-0.1, -0.05) is 18.2 Å². The van der Waals surface area contributed by atoms with Crippen LogP contribution in [-0.2, 0) is 13.1 Å². The van der Waals surface area contributed by atoms with Crippen LogP contribution in [-0.4, -0.2) is 26.5 Å². The molecule has 0 radical (unpaired) electrons. The maximum absolute atomic E-state index is 13.1. The highest BCUT2D eigenvalue weighted by Gasteiger charge is 2.16. The number of carbonyl (C=O) groups excluding carboxylic acids is 1. The van der Waals surface area contributed by atoms with Gasteiger partial charge in [0.25, 0.3) is 11.5 Å². The fraction of sp³-hybridized carbons (Fsp3) is 0.160. The number of ether oxygens (including phenoxy) is 1. The van der Waals surface area contributed by atoms with Gasteiger partial charge < -0.3 is 18.9 Å². The number of benzene rings is 1. The van der Waals surface area contributed by atoms with Crippen LogP contribution in [0, 0.1) is 0 Å². The zero-order valence-electron chi connectivity index (χ0n) is 18.0. The summed E-state index contributed by atoms with van der Waals surface area (Å²) in [6.45, 7) is 2.93. The van der Waals surface area contributed by atoms with Crippen molar-refractivity contribution in [3.8, 4) is 5.75 Å². The van der Waals surface area contributed by atoms with Gasteiger partial charge in [-0.15, -0.1) is 0 Å². The van der Waals surface area contributed by atoms with Gasteiger partial charge in [0.2, 0.25) is 0 Å². The Hall–Kier alpha value is -4.33. The highest BCUT2D eigenvalue weighted by molar-refractivity contribution is 5.91. The molecule has 0 unspecified atom stereocenters. The smallest absolute Gasteiger partial charge is 0.287 e. The molecule has 1 amide bonds. The molecule has 5 aromatic rings. The molecule has 4 aromatic heterocycles. The molecular weight excluding hydrogens is 420 g/mol. The van der Waals surface area contributed by atoms with Crippen LogP contribution >= 0.6 is 0 Å². The fourth-order valence-electron chi connectivity index (χ4n) is 3.88. The number of nitrogens with one attached hydrogen (secondary N) is 1. The minimum atomic E-state index is -0.343. The van der Waals surface area contributed by atoms with E-state index < -0.39 is 0 Å². The molecule has 1 N–H and O–H groups in total. The summed E-state index contributed by atoms with van der Waals surface area (Å²) in [5.41, 5.74) is 2.61. The summed E-state index contributed by atoms with van der Waals surface area (Å²) < 4.78 is 14.8. The van der Waals surface area contributed by atoms with Crippen molar-refractivity contribution >= 4 is 22.6 Å². The molecular formula is C25H22N4O4. The summed E-state index contributed by atoms with van der Waals surface area (Å²) in [5.74, 6) is 1.05. The van der Waals surface area contributed by atoms with E-state index in [1.165, 1.54) is 0 Å². The van der Waals surface area contributed by atoms with E-state index in [-0.39, 0.29) is 23.8 Å². The van der Waals surface area contributed by atoms with Gasteiger partial charge in [0, 0.05) is 24.5 Å². The van der Waals surface area contributed by atoms with E-state index >= 15 is 0 Å². The van der Waals surface area contributed by atoms with Gasteiger partial charge in [0.1, 0.15) is 17.0 Å². The lowest BCUT2D eigenvalue weighted by Gasteiger charge is -2.11. The topological polar surface area (TPSA) is 90.8 Å². The third-order valence-corrected chi connectivity index (χ3v) is 5.41. The number of pyridine rings is 1. The molecule has 5 rings (SSSR count). The standard InChI is InChI=1S/C25H22N4O4/c1-2-32-21-10-4-3-7-17(21)15-27-24(30)22-12-11-18(33-22)16-29-23-19(8-5-13-26-23)28-14-6-9-20(28)25(29)31/h3-14H,2,15-16H2,1H3,(H,27,30). The molecule has 8 nitrogen and oxygen atoms in total. The van der Waals surface area contributed by atoms with Gasteiger partial charge in [-0.2, -0.15) is 0 Å². The highest BCUT2D eigenvalue weighted by atomic mass is 16.5. The van der Waals surface area contributed by atoms with Crippen molar-refractivity contribution in [1.82, 2.24) is 19.3 Å². The largest absolute Gasteiger partial charge is 0.494 e. The molecule has 8 heteroatoms. The minimum absolute atomic E-state index is 0.161. The van der Waals surface area contributed by atoms with Gasteiger partial charge in [-0.3, -0.25) is 14.2 Å². The first kappa shape index (κ1) is 20.6. The Balaban J connectivity index is 1.37. The van der Waals surface area contributed by atoms with E-state index in [1.54, 1.807) is 29.0 Å². The lowest BCUT2D eigenvalue weighted by atomic mass is 10.2. The Labute approximate surface area is 189 Å². The van der Waals surface area contributed by atoms with Crippen molar-refractivity contribution in [3.63, 3.8) is 0 Å². The number of hydrogen-bond acceptors (Lipinski definition) is 5. The first-order valence-corrected chi connectivity index (χ1v) is 10.7. The molecule has 0 aliphatic heterocycles. The zero-order valence-corrected chi connectivity index (χ0v) is 18.0. The van der Waals surface area contributed by atoms with Gasteiger partial charge >= 0.3 is 0 Å². The van der Waals surface area contributed by atoms with E-state index in [1.807, 2.05) is 60.0 Å². The number of hydrogen-bond donors (Lipinski definition) is 1. The minimum Gasteiger partial charge on any atom is -0.494 e. The second-order valence-electron chi connectivity index (χ2n) is 7.49. The molecule has 33 heavy (non-hydrogen) atoms. The Bertz CT molecular complexity index is 1510. The molecule has 0 bridgehead atoms. The SMILES string of the molecule is CCOc1ccccc1CNC(=O)c1ccc(Cn2c(=O)c3cccn3c3cccnc32)o1. The lowest BCUT2D eigenvalue weighted by Crippen LogP contribution is -2.24. The third kappa shape index (κ3) is 3.87. The van der Waals surface area contributed by atoms with Gasteiger partial charge in [0.05, 0.1) is 18.7 Å². The summed E-state index contributed by atoms with van der Waals surface area (Å²) in [6.07, 6.45) is 3.48. The van der Waals surface area contributed by atoms with Crippen LogP contribution in [0.4, 0.5) is 0 Å². The normalized spacial score (nSPS) is 11.2. The third-order valence-electron chi connectivity index (χ3n) is 5.41. The molecule has 4 heterocycles. The summed E-state index contributed by atoms with van der Waals surface area (Å²) in [7, 11) is 0. The number of rotatable bonds is 7. The molecule has 0 fully saturated rings. The number of furan rings is 1. The number of aromatic nitrogens is 3. The van der Waals surface area contributed by atoms with Crippen LogP contribution in [0.2, 0.25) is 0 Å². The van der Waals surface area contributed by atoms with E-state index in [0.717, 1.165) is 16.8 Å². The van der Waals surface area contributed by atoms with Crippen molar-refractivity contribution in [1.29, 1.82) is 0 Å². The van der Waals surface area contributed by atoms with E-state index in [0.29, 0.717) is 30.1 Å². The van der Waals surface area contributed by atoms with Crippen LogP contribution < -0.4 is 15.6 Å². The van der Waals surface area contributed by atoms with Crippen molar-refractivity contribution in [2.45, 2.75) is 20.0 Å². The van der Waals surface area contributed by atoms with Crippen LogP contribution in [0.25, 0.3) is 16.7 Å². The Morgan fingerprint density at radius 3 is 2.79 bits per heavy atom. The van der Waals surface area contributed by atoms with Crippen molar-refractivity contribution < 1.29 is 13.9 Å². The van der Waals surface area contributed by atoms with Crippen molar-refractivity contribution in [2.75, 3.05) is 6.61 Å². The molecule has 0 saturated heterocycles. The van der Waals surface area contributed by atoms with Crippen molar-refractivity contribution in [2.24, 2.45) is 0 Å². The molecule has 166 valence electrons. The second-order valence-corrected chi connectivity index (χ2v) is 7.49. The average molecular weight is 442 g/mol. The van der Waals surface area contributed by atoms with Crippen LogP contribution in [0.1, 0.15) is 28.8 Å². The van der Waals surface area contributed by atoms with Gasteiger partial charge in [-0.25, -0.2) is 4.98 Å². The van der Waals surface area contributed by atoms with Gasteiger partial charge in [0.15, 0.2) is 11.4 Å². The molecule has 0 spiro atoms. The average Bonchev–Trinajstić information content (AvgIpc) is 3.51. The summed E-state index contributed by atoms with van der Waals surface area (Å²) in [5, 5.41) is 2.86. The molecule has 0 aliphatic rings. The molecule has 1 aromatic carbocycles. The number of nitrogens with zero attached hydrogens (tertiary/aromatic N) is 3. The first-order chi connectivity index (χ1) is 16.2. The summed E-state index contributed by atoms with van der Waals surface area (Å²) in [6, 6.07) is 18.2. The number of amides is 1. The van der Waals surface area contributed by atoms with Crippen molar-refractivity contribution in [3.05, 3.63) is 100 Å². The Morgan fingerprint density at radius 1 is 1.06 bits per heavy atom. The zero-order chi connectivity index (χ0) is 22.8. The number of fused-ring (bicyclic) bond motifs is 3. The predicted molar refractivity (Wildman–Crippen MR) is 124 cm³/mol. The highest BCUT2D eigenvalue weighted by Crippen LogP contribution is 2.19. The summed E-state index contributed by atoms with van der Waals surface area (Å²) in [4.78, 5) is 30.1. The van der Waals surface area contributed by atoms with E-state index in [4.69, 9.17) is 9.15 Å². The molecule has 0 aliphatic carbocycles. The van der Waals surface area contributed by atoms with Gasteiger partial charge in [-0.05, 0) is 49.4 Å². The Kier molecular flexibility index (Phi) is 5.40. The van der Waals surface area contributed by atoms with E-state index in [9.17, 15) is 9.59 Å². The maximum Gasteiger partial charge on any atom is 0.287 e. The van der Waals surface area contributed by atoms with Crippen LogP contribution in [0.15, 0.2) is 82.3 Å². The molecule has 0 saturated carbocycles. The van der Waals surface area contributed by atoms with E-state index in [2.05, 4.69) is 10.3 Å². The second kappa shape index (κ2) is 8.66. The lowest BCUT2D eigenvalue weighted by molar-refractivity contribution is 0.0921. The number of carbonyl (C=O) groups is 1. The van der Waals surface area contributed by atoms with Crippen LogP contribution in [0.3, 0.4) is 0 Å². The Morgan fingerprint density at radius 2 is 1.91 bits per heavy atom. The fourth-order valence-corrected chi connectivity index (χ4v) is 3.88. The summed E-state index contributed by atoms with van der Waals surface area (Å²) >= 11 is 0. The number of para-hydroxylation sites is 1. The van der Waals surface area contributed by atoms with Crippen LogP contribution in [0.5, 0.6) is 5.75 Å². The predicted octanol–water partition coefficient (Wildman–Crippen LogP) is 3.62. The maximum atomic E-state index is 13.1. The monoisotopic (exact) mass is 442 g/mol. The molecule has 0 atom stereocenters.